The van der Waals surface area contributed by atoms with Crippen LogP contribution < -0.4 is 4.72 Å². The average molecular weight is 299 g/mol. The van der Waals surface area contributed by atoms with Gasteiger partial charge in [0.15, 0.2) is 0 Å². The van der Waals surface area contributed by atoms with Crippen LogP contribution in [-0.2, 0) is 19.5 Å². The molecule has 0 aliphatic heterocycles. The Hall–Kier alpha value is -1.64. The van der Waals surface area contributed by atoms with Gasteiger partial charge in [0.05, 0.1) is 43.0 Å². The van der Waals surface area contributed by atoms with Crippen LogP contribution in [0.3, 0.4) is 0 Å². The van der Waals surface area contributed by atoms with Crippen LogP contribution in [0.2, 0.25) is 0 Å². The van der Waals surface area contributed by atoms with E-state index < -0.39 is 10.0 Å². The molecule has 0 saturated heterocycles. The number of nitrogens with one attached hydrogen (secondary N) is 2. The zero-order valence-corrected chi connectivity index (χ0v) is 11.9. The summed E-state index contributed by atoms with van der Waals surface area (Å²) in [6, 6.07) is 5.19. The minimum atomic E-state index is -3.42. The van der Waals surface area contributed by atoms with Gasteiger partial charge in [0.1, 0.15) is 0 Å². The molecule has 0 spiro atoms. The van der Waals surface area contributed by atoms with Crippen molar-refractivity contribution in [1.29, 1.82) is 0 Å². The molecule has 0 aliphatic carbocycles. The van der Waals surface area contributed by atoms with Gasteiger partial charge in [-0.25, -0.2) is 8.42 Å². The third kappa shape index (κ3) is 4.19. The van der Waals surface area contributed by atoms with E-state index in [9.17, 15) is 8.42 Å². The first-order chi connectivity index (χ1) is 9.61. The Kier molecular flexibility index (Phi) is 4.94. The molecule has 0 unspecified atom stereocenters. The van der Waals surface area contributed by atoms with Gasteiger partial charge in [0.2, 0.25) is 10.0 Å². The molecule has 0 atom stereocenters. The van der Waals surface area contributed by atoms with Crippen molar-refractivity contribution in [1.82, 2.24) is 10.2 Å². The summed E-state index contributed by atoms with van der Waals surface area (Å²) in [5.41, 5.74) is 1.28. The molecular weight excluding hydrogens is 282 g/mol. The number of benzene rings is 1. The third-order valence-electron chi connectivity index (χ3n) is 2.64. The van der Waals surface area contributed by atoms with Crippen molar-refractivity contribution in [3.05, 3.63) is 24.4 Å². The smallest absolute Gasteiger partial charge is 0.235 e. The summed E-state index contributed by atoms with van der Waals surface area (Å²) in [5, 5.41) is 7.60. The van der Waals surface area contributed by atoms with E-state index in [4.69, 9.17) is 9.47 Å². The van der Waals surface area contributed by atoms with Crippen LogP contribution in [0.1, 0.15) is 0 Å². The normalized spacial score (nSPS) is 11.8. The van der Waals surface area contributed by atoms with Gasteiger partial charge < -0.3 is 9.47 Å². The number of methoxy groups -OCH3 is 1. The maximum absolute atomic E-state index is 11.9. The molecule has 0 bridgehead atoms. The molecule has 0 fully saturated rings. The van der Waals surface area contributed by atoms with E-state index in [0.717, 1.165) is 10.9 Å². The molecule has 8 heteroatoms. The number of hydrogen-bond acceptors (Lipinski definition) is 5. The summed E-state index contributed by atoms with van der Waals surface area (Å²) in [6.07, 6.45) is 1.68. The highest BCUT2D eigenvalue weighted by atomic mass is 32.2. The van der Waals surface area contributed by atoms with Crippen LogP contribution in [0.4, 0.5) is 5.69 Å². The number of anilines is 1. The fourth-order valence-electron chi connectivity index (χ4n) is 1.64. The zero-order valence-electron chi connectivity index (χ0n) is 11.1. The van der Waals surface area contributed by atoms with Gasteiger partial charge in [-0.1, -0.05) is 0 Å². The summed E-state index contributed by atoms with van der Waals surface area (Å²) < 4.78 is 36.2. The predicted molar refractivity (Wildman–Crippen MR) is 76.2 cm³/mol. The number of sulfonamides is 1. The molecule has 1 heterocycles. The number of ether oxygens (including phenoxy) is 2. The summed E-state index contributed by atoms with van der Waals surface area (Å²) in [4.78, 5) is 0. The molecule has 0 radical (unpaired) electrons. The van der Waals surface area contributed by atoms with E-state index in [1.165, 1.54) is 0 Å². The number of H-pyrrole nitrogens is 1. The minimum Gasteiger partial charge on any atom is -0.382 e. The van der Waals surface area contributed by atoms with E-state index in [1.807, 2.05) is 0 Å². The molecular formula is C12H17N3O4S. The first-order valence-corrected chi connectivity index (χ1v) is 7.76. The van der Waals surface area contributed by atoms with Crippen LogP contribution in [0.5, 0.6) is 0 Å². The van der Waals surface area contributed by atoms with Crippen LogP contribution in [0.25, 0.3) is 10.9 Å². The van der Waals surface area contributed by atoms with Gasteiger partial charge >= 0.3 is 0 Å². The Morgan fingerprint density at radius 3 is 2.95 bits per heavy atom. The Labute approximate surface area is 117 Å². The third-order valence-corrected chi connectivity index (χ3v) is 3.89. The molecule has 1 aromatic carbocycles. The first-order valence-electron chi connectivity index (χ1n) is 6.11. The maximum Gasteiger partial charge on any atom is 0.235 e. The fourth-order valence-corrected chi connectivity index (χ4v) is 2.57. The van der Waals surface area contributed by atoms with Crippen molar-refractivity contribution in [2.24, 2.45) is 0 Å². The van der Waals surface area contributed by atoms with E-state index in [1.54, 1.807) is 31.5 Å². The van der Waals surface area contributed by atoms with Crippen molar-refractivity contribution < 1.29 is 17.9 Å². The summed E-state index contributed by atoms with van der Waals surface area (Å²) >= 11 is 0. The lowest BCUT2D eigenvalue weighted by Crippen LogP contribution is -2.20. The number of rotatable bonds is 8. The first kappa shape index (κ1) is 14.8. The van der Waals surface area contributed by atoms with Gasteiger partial charge in [-0.3, -0.25) is 9.82 Å². The number of aromatic nitrogens is 2. The summed E-state index contributed by atoms with van der Waals surface area (Å²) in [7, 11) is -1.86. The van der Waals surface area contributed by atoms with Crippen LogP contribution in [0.15, 0.2) is 24.4 Å². The molecule has 0 amide bonds. The fraction of sp³-hybridized carbons (Fsp3) is 0.417. The highest BCUT2D eigenvalue weighted by Crippen LogP contribution is 2.17. The van der Waals surface area contributed by atoms with Crippen LogP contribution in [-0.4, -0.2) is 51.3 Å². The lowest BCUT2D eigenvalue weighted by molar-refractivity contribution is 0.0785. The molecule has 2 rings (SSSR count). The molecule has 1 aromatic heterocycles. The van der Waals surface area contributed by atoms with Crippen molar-refractivity contribution in [3.8, 4) is 0 Å². The van der Waals surface area contributed by atoms with Gasteiger partial charge in [-0.05, 0) is 18.2 Å². The van der Waals surface area contributed by atoms with Gasteiger partial charge in [0.25, 0.3) is 0 Å². The molecule has 0 saturated carbocycles. The van der Waals surface area contributed by atoms with Crippen LogP contribution >= 0.6 is 0 Å². The Balaban J connectivity index is 1.90. The second kappa shape index (κ2) is 6.69. The van der Waals surface area contributed by atoms with E-state index >= 15 is 0 Å². The molecule has 110 valence electrons. The Morgan fingerprint density at radius 1 is 1.30 bits per heavy atom. The average Bonchev–Trinajstić information content (AvgIpc) is 2.85. The van der Waals surface area contributed by atoms with E-state index in [0.29, 0.717) is 18.9 Å². The summed E-state index contributed by atoms with van der Waals surface area (Å²) in [6.45, 7) is 0.959. The second-order valence-corrected chi connectivity index (χ2v) is 6.04. The summed E-state index contributed by atoms with van der Waals surface area (Å²) in [5.74, 6) is -0.0995. The van der Waals surface area contributed by atoms with Crippen molar-refractivity contribution in [2.45, 2.75) is 0 Å². The molecule has 20 heavy (non-hydrogen) atoms. The highest BCUT2D eigenvalue weighted by molar-refractivity contribution is 7.92. The Morgan fingerprint density at radius 2 is 2.15 bits per heavy atom. The van der Waals surface area contributed by atoms with E-state index in [2.05, 4.69) is 14.9 Å². The molecule has 2 N–H and O–H groups in total. The quantitative estimate of drug-likeness (QED) is 0.708. The van der Waals surface area contributed by atoms with E-state index in [-0.39, 0.29) is 12.4 Å². The van der Waals surface area contributed by atoms with Gasteiger partial charge in [-0.15, -0.1) is 0 Å². The van der Waals surface area contributed by atoms with Crippen molar-refractivity contribution in [2.75, 3.05) is 37.4 Å². The number of hydrogen-bond donors (Lipinski definition) is 2. The van der Waals surface area contributed by atoms with Gasteiger partial charge in [0, 0.05) is 12.5 Å². The maximum atomic E-state index is 11.9. The van der Waals surface area contributed by atoms with Crippen LogP contribution in [0, 0.1) is 0 Å². The Bertz CT molecular complexity index is 654. The lowest BCUT2D eigenvalue weighted by Gasteiger charge is -2.08. The number of aromatic amines is 1. The molecule has 7 nitrogen and oxygen atoms in total. The monoisotopic (exact) mass is 299 g/mol. The topological polar surface area (TPSA) is 93.3 Å². The predicted octanol–water partition coefficient (Wildman–Crippen LogP) is 0.968. The lowest BCUT2D eigenvalue weighted by atomic mass is 10.2. The van der Waals surface area contributed by atoms with Crippen molar-refractivity contribution in [3.63, 3.8) is 0 Å². The highest BCUT2D eigenvalue weighted by Gasteiger charge is 2.10. The zero-order chi connectivity index (χ0) is 14.4. The van der Waals surface area contributed by atoms with Gasteiger partial charge in [-0.2, -0.15) is 5.10 Å². The largest absolute Gasteiger partial charge is 0.382 e. The minimum absolute atomic E-state index is 0.0995. The number of nitrogens with zero attached hydrogens (tertiary/aromatic N) is 1. The second-order valence-electron chi connectivity index (χ2n) is 4.20. The van der Waals surface area contributed by atoms with Crippen molar-refractivity contribution >= 4 is 26.6 Å². The number of fused-ring (bicyclic) bond motifs is 1. The standard InChI is InChI=1S/C12H17N3O4S/c1-18-4-5-19-6-7-20(16,17)15-11-3-2-10-9-13-14-12(10)8-11/h2-3,8-9,15H,4-7H2,1H3,(H,13,14). The molecule has 0 aliphatic rings. The SMILES string of the molecule is COCCOCCS(=O)(=O)Nc1ccc2cn[nH]c2c1. The molecule has 2 aromatic rings.